The lowest BCUT2D eigenvalue weighted by Crippen LogP contribution is -2.62. The molecule has 0 bridgehead atoms. The summed E-state index contributed by atoms with van der Waals surface area (Å²) in [5.74, 6) is -1.60. The first kappa shape index (κ1) is 25.5. The van der Waals surface area contributed by atoms with Crippen LogP contribution in [0.2, 0.25) is 0 Å². The third-order valence-corrected chi connectivity index (χ3v) is 5.77. The Hall–Kier alpha value is -4.08. The van der Waals surface area contributed by atoms with Crippen molar-refractivity contribution in [2.24, 2.45) is 5.92 Å². The Balaban J connectivity index is 1.81. The van der Waals surface area contributed by atoms with Crippen molar-refractivity contribution in [2.45, 2.75) is 32.0 Å². The van der Waals surface area contributed by atoms with Gasteiger partial charge in [0.15, 0.2) is 0 Å². The summed E-state index contributed by atoms with van der Waals surface area (Å²) >= 11 is 0. The summed E-state index contributed by atoms with van der Waals surface area (Å²) in [4.78, 5) is 50.5. The number of fused-ring (bicyclic) bond motifs is 1. The molecule has 1 saturated heterocycles. The van der Waals surface area contributed by atoms with Gasteiger partial charge in [-0.05, 0) is 30.0 Å². The van der Waals surface area contributed by atoms with Gasteiger partial charge in [-0.3, -0.25) is 4.79 Å². The minimum absolute atomic E-state index is 0.00146. The maximum atomic E-state index is 13.0. The normalized spacial score (nSPS) is 19.1. The molecule has 3 atom stereocenters. The van der Waals surface area contributed by atoms with Crippen LogP contribution in [0, 0.1) is 5.92 Å². The van der Waals surface area contributed by atoms with Gasteiger partial charge in [0.25, 0.3) is 0 Å². The largest absolute Gasteiger partial charge is 0.508 e. The molecular weight excluding hydrogens is 456 g/mol. The fourth-order valence-electron chi connectivity index (χ4n) is 4.16. The lowest BCUT2D eigenvalue weighted by molar-refractivity contribution is -0.162. The average molecular weight is 485 g/mol. The summed E-state index contributed by atoms with van der Waals surface area (Å²) in [5, 5.41) is 2.60. The molecule has 0 aromatic heterocycles. The van der Waals surface area contributed by atoms with E-state index in [2.05, 4.69) is 23.2 Å². The van der Waals surface area contributed by atoms with Crippen LogP contribution in [0.3, 0.4) is 0 Å². The number of hydrogen-bond donors (Lipinski definition) is 1. The summed E-state index contributed by atoms with van der Waals surface area (Å²) < 4.78 is 19.9. The highest BCUT2D eigenvalue weighted by molar-refractivity contribution is 6.06. The maximum absolute atomic E-state index is 13.0. The van der Waals surface area contributed by atoms with E-state index in [0.717, 1.165) is 11.1 Å². The summed E-state index contributed by atoms with van der Waals surface area (Å²) in [6, 6.07) is 6.86. The van der Waals surface area contributed by atoms with Gasteiger partial charge in [0, 0.05) is 6.54 Å². The van der Waals surface area contributed by atoms with Crippen molar-refractivity contribution in [3.05, 3.63) is 66.4 Å². The Morgan fingerprint density at radius 1 is 1.14 bits per heavy atom. The number of carbonyl (C=O) groups is 4. The van der Waals surface area contributed by atoms with E-state index in [9.17, 15) is 19.2 Å². The van der Waals surface area contributed by atoms with Gasteiger partial charge < -0.3 is 29.2 Å². The molecule has 2 aliphatic rings. The molecule has 35 heavy (non-hydrogen) atoms. The van der Waals surface area contributed by atoms with Crippen molar-refractivity contribution < 1.29 is 38.1 Å². The maximum Gasteiger partial charge on any atom is 0.508 e. The van der Waals surface area contributed by atoms with Crippen LogP contribution in [-0.4, -0.2) is 61.5 Å². The molecule has 0 aliphatic carbocycles. The molecule has 1 aromatic carbocycles. The SMILES string of the molecule is C=CCOC(=O)O[C@H](C)[C@H]1C(=O)N2C(C(=O)OCC=C)=C(c3ccc(CNC(=O)OC)cc3)C[C@H]12. The van der Waals surface area contributed by atoms with Crippen molar-refractivity contribution in [3.8, 4) is 0 Å². The molecule has 1 N–H and O–H groups in total. The summed E-state index contributed by atoms with van der Waals surface area (Å²) in [6.07, 6.45) is 1.05. The van der Waals surface area contributed by atoms with Crippen LogP contribution in [0.1, 0.15) is 24.5 Å². The fourth-order valence-corrected chi connectivity index (χ4v) is 4.16. The summed E-state index contributed by atoms with van der Waals surface area (Å²) in [6.45, 7) is 8.90. The molecular formula is C25H28N2O8. The second-order valence-corrected chi connectivity index (χ2v) is 7.93. The zero-order chi connectivity index (χ0) is 25.5. The van der Waals surface area contributed by atoms with Gasteiger partial charge in [-0.25, -0.2) is 14.4 Å². The third-order valence-electron chi connectivity index (χ3n) is 5.77. The number of β-lactam (4-membered cyclic amide) rings is 1. The number of alkyl carbamates (subject to hydrolysis) is 1. The Bertz CT molecular complexity index is 1050. The molecule has 3 rings (SSSR count). The van der Waals surface area contributed by atoms with Crippen LogP contribution in [0.4, 0.5) is 9.59 Å². The van der Waals surface area contributed by atoms with Gasteiger partial charge in [-0.2, -0.15) is 0 Å². The second-order valence-electron chi connectivity index (χ2n) is 7.93. The molecule has 2 aliphatic heterocycles. The number of esters is 1. The van der Waals surface area contributed by atoms with Gasteiger partial charge in [0.05, 0.1) is 19.1 Å². The number of benzene rings is 1. The van der Waals surface area contributed by atoms with Crippen LogP contribution in [0.5, 0.6) is 0 Å². The van der Waals surface area contributed by atoms with Crippen LogP contribution in [-0.2, 0) is 35.1 Å². The Morgan fingerprint density at radius 3 is 2.43 bits per heavy atom. The first-order valence-electron chi connectivity index (χ1n) is 11.0. The van der Waals surface area contributed by atoms with Gasteiger partial charge in [-0.15, -0.1) is 0 Å². The van der Waals surface area contributed by atoms with Crippen molar-refractivity contribution >= 4 is 29.7 Å². The van der Waals surface area contributed by atoms with E-state index >= 15 is 0 Å². The van der Waals surface area contributed by atoms with E-state index in [1.54, 1.807) is 19.1 Å². The molecule has 2 heterocycles. The number of carbonyl (C=O) groups excluding carboxylic acids is 4. The molecule has 2 amide bonds. The van der Waals surface area contributed by atoms with E-state index in [4.69, 9.17) is 14.2 Å². The highest BCUT2D eigenvalue weighted by Gasteiger charge is 2.58. The number of nitrogens with one attached hydrogen (secondary N) is 1. The van der Waals surface area contributed by atoms with Crippen molar-refractivity contribution in [3.63, 3.8) is 0 Å². The van der Waals surface area contributed by atoms with E-state index < -0.39 is 30.2 Å². The number of nitrogens with zero attached hydrogens (tertiary/aromatic N) is 1. The van der Waals surface area contributed by atoms with Crippen LogP contribution in [0.25, 0.3) is 5.57 Å². The monoisotopic (exact) mass is 484 g/mol. The molecule has 10 nitrogen and oxygen atoms in total. The topological polar surface area (TPSA) is 120 Å². The number of hydrogen-bond acceptors (Lipinski definition) is 8. The highest BCUT2D eigenvalue weighted by atomic mass is 16.7. The quantitative estimate of drug-likeness (QED) is 0.233. The van der Waals surface area contributed by atoms with Crippen LogP contribution in [0.15, 0.2) is 55.3 Å². The number of amides is 2. The standard InChI is InChI=1S/C25H28N2O8/c1-5-11-33-23(29)21-18(17-9-7-16(8-10-17)14-26-24(30)32-4)13-19-20(22(28)27(19)21)15(3)35-25(31)34-12-6-2/h5-10,15,19-20H,1-2,11-14H2,3-4H3,(H,26,30)/t15-,19-,20-/m1/s1. The van der Waals surface area contributed by atoms with Gasteiger partial charge in [0.1, 0.15) is 25.0 Å². The van der Waals surface area contributed by atoms with E-state index in [0.29, 0.717) is 12.0 Å². The first-order valence-corrected chi connectivity index (χ1v) is 11.0. The molecule has 1 fully saturated rings. The van der Waals surface area contributed by atoms with E-state index in [-0.39, 0.29) is 37.4 Å². The van der Waals surface area contributed by atoms with Crippen LogP contribution >= 0.6 is 0 Å². The minimum Gasteiger partial charge on any atom is -0.457 e. The van der Waals surface area contributed by atoms with Gasteiger partial charge in [0.2, 0.25) is 5.91 Å². The molecule has 1 aromatic rings. The predicted molar refractivity (Wildman–Crippen MR) is 125 cm³/mol. The lowest BCUT2D eigenvalue weighted by atomic mass is 9.82. The molecule has 0 radical (unpaired) electrons. The van der Waals surface area contributed by atoms with E-state index in [1.165, 1.54) is 24.2 Å². The number of rotatable bonds is 10. The predicted octanol–water partition coefficient (Wildman–Crippen LogP) is 2.94. The Labute approximate surface area is 203 Å². The highest BCUT2D eigenvalue weighted by Crippen LogP contribution is 2.47. The number of methoxy groups -OCH3 is 1. The smallest absolute Gasteiger partial charge is 0.457 e. The van der Waals surface area contributed by atoms with Gasteiger partial charge >= 0.3 is 18.2 Å². The number of ether oxygens (including phenoxy) is 4. The van der Waals surface area contributed by atoms with Crippen LogP contribution < -0.4 is 5.32 Å². The third kappa shape index (κ3) is 5.53. The average Bonchev–Trinajstić information content (AvgIpc) is 3.19. The molecule has 0 saturated carbocycles. The molecule has 186 valence electrons. The second kappa shape index (κ2) is 11.4. The van der Waals surface area contributed by atoms with E-state index in [1.807, 2.05) is 12.1 Å². The molecule has 0 spiro atoms. The van der Waals surface area contributed by atoms with Crippen molar-refractivity contribution in [1.82, 2.24) is 10.2 Å². The van der Waals surface area contributed by atoms with Gasteiger partial charge in [-0.1, -0.05) is 49.6 Å². The van der Waals surface area contributed by atoms with Crippen molar-refractivity contribution in [1.29, 1.82) is 0 Å². The zero-order valence-electron chi connectivity index (χ0n) is 19.7. The molecule has 0 unspecified atom stereocenters. The Morgan fingerprint density at radius 2 is 1.80 bits per heavy atom. The lowest BCUT2D eigenvalue weighted by Gasteiger charge is -2.45. The zero-order valence-corrected chi connectivity index (χ0v) is 19.7. The summed E-state index contributed by atoms with van der Waals surface area (Å²) in [7, 11) is 1.28. The summed E-state index contributed by atoms with van der Waals surface area (Å²) in [5.41, 5.74) is 2.37. The first-order chi connectivity index (χ1) is 16.8. The minimum atomic E-state index is -0.892. The van der Waals surface area contributed by atoms with Crippen molar-refractivity contribution in [2.75, 3.05) is 20.3 Å². The fraction of sp³-hybridized carbons (Fsp3) is 0.360. The molecule has 10 heteroatoms. The Kier molecular flexibility index (Phi) is 8.30.